The van der Waals surface area contributed by atoms with Gasteiger partial charge in [0.05, 0.1) is 10.9 Å². The Bertz CT molecular complexity index is 642. The first-order chi connectivity index (χ1) is 10.2. The quantitative estimate of drug-likeness (QED) is 0.293. The number of nitrogens with zero attached hydrogens (tertiary/aromatic N) is 1. The molecular weight excluding hydrogens is 342 g/mol. The second-order valence-electron chi connectivity index (χ2n) is 4.84. The Hall–Kier alpha value is -1.84. The van der Waals surface area contributed by atoms with Gasteiger partial charge >= 0.3 is 0 Å². The zero-order valence-corrected chi connectivity index (χ0v) is 14.4. The molecule has 1 amide bonds. The second-order valence-corrected chi connectivity index (χ2v) is 6.52. The van der Waals surface area contributed by atoms with Gasteiger partial charge in [0.2, 0.25) is 0 Å². The highest BCUT2D eigenvalue weighted by atomic mass is 35.5. The van der Waals surface area contributed by atoms with Crippen LogP contribution >= 0.6 is 12.4 Å². The molecule has 0 aliphatic carbocycles. The lowest BCUT2D eigenvalue weighted by molar-refractivity contribution is -0.120. The van der Waals surface area contributed by atoms with Gasteiger partial charge in [-0.15, -0.1) is 12.4 Å². The molecule has 1 aromatic rings. The second kappa shape index (κ2) is 9.33. The molecule has 0 heterocycles. The van der Waals surface area contributed by atoms with Gasteiger partial charge < -0.3 is 17.2 Å². The van der Waals surface area contributed by atoms with Gasteiger partial charge in [0.15, 0.2) is 5.96 Å². The summed E-state index contributed by atoms with van der Waals surface area (Å²) in [4.78, 5) is 15.6. The van der Waals surface area contributed by atoms with Gasteiger partial charge in [-0.2, -0.15) is 0 Å². The van der Waals surface area contributed by atoms with Crippen molar-refractivity contribution in [2.75, 3.05) is 6.54 Å². The van der Waals surface area contributed by atoms with Crippen molar-refractivity contribution in [3.63, 3.8) is 0 Å². The molecule has 0 aliphatic rings. The maximum Gasteiger partial charge on any atom is 0.264 e. The van der Waals surface area contributed by atoms with Crippen LogP contribution in [0.25, 0.3) is 0 Å². The maximum absolute atomic E-state index is 12.0. The number of halogens is 1. The Balaban J connectivity index is 0.00000484. The molecule has 23 heavy (non-hydrogen) atoms. The van der Waals surface area contributed by atoms with Crippen molar-refractivity contribution >= 4 is 34.3 Å². The van der Waals surface area contributed by atoms with Crippen molar-refractivity contribution < 1.29 is 13.2 Å². The molecule has 1 rings (SSSR count). The van der Waals surface area contributed by atoms with E-state index in [9.17, 15) is 13.2 Å². The third-order valence-electron chi connectivity index (χ3n) is 2.87. The highest BCUT2D eigenvalue weighted by Crippen LogP contribution is 2.10. The van der Waals surface area contributed by atoms with Crippen LogP contribution < -0.4 is 21.9 Å². The van der Waals surface area contributed by atoms with Gasteiger partial charge in [-0.05, 0) is 31.9 Å². The van der Waals surface area contributed by atoms with E-state index >= 15 is 0 Å². The normalized spacial score (nSPS) is 11.9. The number of guanidine groups is 1. The van der Waals surface area contributed by atoms with Crippen molar-refractivity contribution in [2.24, 2.45) is 22.2 Å². The van der Waals surface area contributed by atoms with Gasteiger partial charge in [0, 0.05) is 6.54 Å². The number of benzene rings is 1. The van der Waals surface area contributed by atoms with Crippen LogP contribution in [0.3, 0.4) is 0 Å². The number of nitrogens with two attached hydrogens (primary N) is 3. The van der Waals surface area contributed by atoms with Crippen LogP contribution in [0.1, 0.15) is 18.4 Å². The summed E-state index contributed by atoms with van der Waals surface area (Å²) < 4.78 is 26.0. The summed E-state index contributed by atoms with van der Waals surface area (Å²) >= 11 is 0. The number of aliphatic imine (C=N–C) groups is 1. The van der Waals surface area contributed by atoms with Crippen LogP contribution in [-0.2, 0) is 14.8 Å². The maximum atomic E-state index is 12.0. The molecule has 7 N–H and O–H groups in total. The topological polar surface area (TPSA) is 154 Å². The van der Waals surface area contributed by atoms with Crippen molar-refractivity contribution in [1.29, 1.82) is 0 Å². The Morgan fingerprint density at radius 3 is 2.35 bits per heavy atom. The predicted molar refractivity (Wildman–Crippen MR) is 91.6 cm³/mol. The number of nitrogens with one attached hydrogen (secondary N) is 1. The lowest BCUT2D eigenvalue weighted by atomic mass is 10.1. The Labute approximate surface area is 142 Å². The van der Waals surface area contributed by atoms with E-state index in [1.165, 1.54) is 12.1 Å². The first kappa shape index (κ1) is 21.2. The highest BCUT2D eigenvalue weighted by molar-refractivity contribution is 7.90. The monoisotopic (exact) mass is 363 g/mol. The van der Waals surface area contributed by atoms with Crippen molar-refractivity contribution in [2.45, 2.75) is 30.7 Å². The van der Waals surface area contributed by atoms with Gasteiger partial charge in [0.1, 0.15) is 0 Å². The fraction of sp³-hybridized carbons (Fsp3) is 0.385. The number of rotatable bonds is 7. The number of carbonyl (C=O) groups excluding carboxylic acids is 1. The minimum atomic E-state index is -3.91. The van der Waals surface area contributed by atoms with Gasteiger partial charge in [0.25, 0.3) is 15.9 Å². The first-order valence-electron chi connectivity index (χ1n) is 6.66. The predicted octanol–water partition coefficient (Wildman–Crippen LogP) is -0.397. The summed E-state index contributed by atoms with van der Waals surface area (Å²) in [5.41, 5.74) is 16.9. The summed E-state index contributed by atoms with van der Waals surface area (Å²) in [5.74, 6) is -0.801. The molecule has 0 fully saturated rings. The molecule has 0 radical (unpaired) electrons. The van der Waals surface area contributed by atoms with Crippen molar-refractivity contribution in [3.05, 3.63) is 29.8 Å². The molecular formula is C13H22ClN5O3S. The van der Waals surface area contributed by atoms with E-state index in [4.69, 9.17) is 17.2 Å². The van der Waals surface area contributed by atoms with E-state index < -0.39 is 22.0 Å². The summed E-state index contributed by atoms with van der Waals surface area (Å²) in [6, 6.07) is 5.20. The van der Waals surface area contributed by atoms with Crippen molar-refractivity contribution in [3.8, 4) is 0 Å². The average molecular weight is 364 g/mol. The van der Waals surface area contributed by atoms with E-state index in [0.717, 1.165) is 5.56 Å². The van der Waals surface area contributed by atoms with Crippen LogP contribution in [-0.4, -0.2) is 32.9 Å². The minimum absolute atomic E-state index is 0. The number of aryl methyl sites for hydroxylation is 1. The number of hydrogen-bond acceptors (Lipinski definition) is 5. The molecule has 0 spiro atoms. The number of carbonyl (C=O) groups is 1. The Morgan fingerprint density at radius 1 is 1.26 bits per heavy atom. The van der Waals surface area contributed by atoms with Gasteiger partial charge in [-0.25, -0.2) is 13.1 Å². The van der Waals surface area contributed by atoms with Gasteiger partial charge in [-0.3, -0.25) is 9.79 Å². The van der Waals surface area contributed by atoms with Gasteiger partial charge in [-0.1, -0.05) is 17.7 Å². The van der Waals surface area contributed by atoms with Crippen LogP contribution in [0, 0.1) is 6.92 Å². The van der Waals surface area contributed by atoms with E-state index in [2.05, 4.69) is 4.99 Å². The SMILES string of the molecule is Cc1ccc(S(=O)(=O)NC(=O)[C@@H](N)CCCN=C(N)N)cc1.Cl. The summed E-state index contributed by atoms with van der Waals surface area (Å²) in [5, 5.41) is 0. The molecule has 0 unspecified atom stereocenters. The largest absolute Gasteiger partial charge is 0.370 e. The summed E-state index contributed by atoms with van der Waals surface area (Å²) in [6.45, 7) is 2.16. The summed E-state index contributed by atoms with van der Waals surface area (Å²) in [6.07, 6.45) is 0.739. The Morgan fingerprint density at radius 2 is 1.83 bits per heavy atom. The lowest BCUT2D eigenvalue weighted by Crippen LogP contribution is -2.43. The lowest BCUT2D eigenvalue weighted by Gasteiger charge is -2.12. The van der Waals surface area contributed by atoms with E-state index in [1.807, 2.05) is 11.6 Å². The van der Waals surface area contributed by atoms with E-state index in [0.29, 0.717) is 13.0 Å². The van der Waals surface area contributed by atoms with Crippen LogP contribution in [0.15, 0.2) is 34.2 Å². The third kappa shape index (κ3) is 7.31. The van der Waals surface area contributed by atoms with E-state index in [-0.39, 0.29) is 29.7 Å². The number of hydrogen-bond donors (Lipinski definition) is 4. The molecule has 8 nitrogen and oxygen atoms in total. The molecule has 1 aromatic carbocycles. The van der Waals surface area contributed by atoms with Crippen LogP contribution in [0.4, 0.5) is 0 Å². The molecule has 0 saturated carbocycles. The standard InChI is InChI=1S/C13H21N5O3S.ClH/c1-9-4-6-10(7-5-9)22(20,21)18-12(19)11(14)3-2-8-17-13(15)16;/h4-7,11H,2-3,8,14H2,1H3,(H,18,19)(H4,15,16,17);1H/t11-;/m0./s1. The smallest absolute Gasteiger partial charge is 0.264 e. The van der Waals surface area contributed by atoms with Crippen LogP contribution in [0.5, 0.6) is 0 Å². The number of sulfonamides is 1. The fourth-order valence-electron chi connectivity index (χ4n) is 1.63. The first-order valence-corrected chi connectivity index (χ1v) is 8.15. The summed E-state index contributed by atoms with van der Waals surface area (Å²) in [7, 11) is -3.91. The third-order valence-corrected chi connectivity index (χ3v) is 4.23. The molecule has 0 saturated heterocycles. The van der Waals surface area contributed by atoms with Crippen molar-refractivity contribution in [1.82, 2.24) is 4.72 Å². The molecule has 0 aliphatic heterocycles. The van der Waals surface area contributed by atoms with E-state index in [1.54, 1.807) is 12.1 Å². The Kier molecular flexibility index (Phi) is 8.59. The zero-order chi connectivity index (χ0) is 16.8. The zero-order valence-electron chi connectivity index (χ0n) is 12.7. The molecule has 0 aromatic heterocycles. The molecule has 130 valence electrons. The van der Waals surface area contributed by atoms with Crippen LogP contribution in [0.2, 0.25) is 0 Å². The average Bonchev–Trinajstić information content (AvgIpc) is 2.43. The molecule has 10 heteroatoms. The molecule has 0 bridgehead atoms. The minimum Gasteiger partial charge on any atom is -0.370 e. The highest BCUT2D eigenvalue weighted by Gasteiger charge is 2.21. The molecule has 1 atom stereocenters. The number of amides is 1. The fourth-order valence-corrected chi connectivity index (χ4v) is 2.66.